The van der Waals surface area contributed by atoms with Gasteiger partial charge in [0.25, 0.3) is 5.92 Å². The molecular formula is C9H10BrF2N. The summed E-state index contributed by atoms with van der Waals surface area (Å²) in [6.45, 7) is -0.617. The van der Waals surface area contributed by atoms with Gasteiger partial charge in [-0.3, -0.25) is 0 Å². The van der Waals surface area contributed by atoms with E-state index in [1.807, 2.05) is 0 Å². The van der Waals surface area contributed by atoms with Crippen molar-refractivity contribution in [1.82, 2.24) is 0 Å². The van der Waals surface area contributed by atoms with Gasteiger partial charge in [0.1, 0.15) is 0 Å². The van der Waals surface area contributed by atoms with Crippen molar-refractivity contribution in [1.29, 1.82) is 0 Å². The molecule has 0 spiro atoms. The van der Waals surface area contributed by atoms with Crippen LogP contribution in [-0.4, -0.2) is 12.5 Å². The van der Waals surface area contributed by atoms with Crippen LogP contribution in [0.5, 0.6) is 0 Å². The molecule has 0 bridgehead atoms. The molecule has 0 amide bonds. The molecule has 0 saturated heterocycles. The highest BCUT2D eigenvalue weighted by Gasteiger charge is 2.27. The Labute approximate surface area is 84.1 Å². The highest BCUT2D eigenvalue weighted by molar-refractivity contribution is 9.10. The van der Waals surface area contributed by atoms with Crippen molar-refractivity contribution in [3.8, 4) is 0 Å². The summed E-state index contributed by atoms with van der Waals surface area (Å²) in [5, 5.41) is 0. The number of halogens is 3. The highest BCUT2D eigenvalue weighted by Crippen LogP contribution is 2.24. The van der Waals surface area contributed by atoms with Crippen LogP contribution in [0.4, 0.5) is 8.78 Å². The van der Waals surface area contributed by atoms with Crippen molar-refractivity contribution >= 4 is 15.9 Å². The Morgan fingerprint density at radius 1 is 1.31 bits per heavy atom. The van der Waals surface area contributed by atoms with Crippen LogP contribution in [0.2, 0.25) is 0 Å². The molecule has 0 unspecified atom stereocenters. The number of alkyl halides is 2. The number of hydrogen-bond acceptors (Lipinski definition) is 1. The standard InChI is InChI=1S/C9H10BrF2N/c10-8-4-2-1-3-7(8)5-9(11,12)6-13/h1-4H,5-6,13H2. The SMILES string of the molecule is NCC(F)(F)Cc1ccccc1Br. The van der Waals surface area contributed by atoms with Gasteiger partial charge < -0.3 is 5.73 Å². The molecule has 1 aromatic carbocycles. The van der Waals surface area contributed by atoms with E-state index < -0.39 is 12.5 Å². The van der Waals surface area contributed by atoms with Crippen LogP contribution in [0.3, 0.4) is 0 Å². The Kier molecular flexibility index (Phi) is 3.39. The lowest BCUT2D eigenvalue weighted by Gasteiger charge is -2.14. The zero-order chi connectivity index (χ0) is 9.90. The first-order valence-electron chi connectivity index (χ1n) is 3.86. The van der Waals surface area contributed by atoms with Gasteiger partial charge >= 0.3 is 0 Å². The van der Waals surface area contributed by atoms with Crippen LogP contribution in [0.1, 0.15) is 5.56 Å². The van der Waals surface area contributed by atoms with E-state index in [9.17, 15) is 8.78 Å². The summed E-state index contributed by atoms with van der Waals surface area (Å²) < 4.78 is 26.4. The van der Waals surface area contributed by atoms with Gasteiger partial charge in [0.05, 0.1) is 6.54 Å². The lowest BCUT2D eigenvalue weighted by molar-refractivity contribution is 0.0113. The number of benzene rings is 1. The van der Waals surface area contributed by atoms with E-state index in [1.165, 1.54) is 0 Å². The zero-order valence-electron chi connectivity index (χ0n) is 6.93. The van der Waals surface area contributed by atoms with Gasteiger partial charge in [0.15, 0.2) is 0 Å². The minimum Gasteiger partial charge on any atom is -0.325 e. The molecule has 0 radical (unpaired) electrons. The summed E-state index contributed by atoms with van der Waals surface area (Å²) in [4.78, 5) is 0. The topological polar surface area (TPSA) is 26.0 Å². The van der Waals surface area contributed by atoms with Gasteiger partial charge in [-0.25, -0.2) is 8.78 Å². The monoisotopic (exact) mass is 249 g/mol. The molecule has 0 saturated carbocycles. The Balaban J connectivity index is 2.80. The normalized spacial score (nSPS) is 11.7. The Hall–Kier alpha value is -0.480. The maximum Gasteiger partial charge on any atom is 0.264 e. The van der Waals surface area contributed by atoms with E-state index in [0.29, 0.717) is 10.0 Å². The summed E-state index contributed by atoms with van der Waals surface area (Å²) in [6.07, 6.45) is -0.315. The highest BCUT2D eigenvalue weighted by atomic mass is 79.9. The van der Waals surface area contributed by atoms with Crippen molar-refractivity contribution in [2.75, 3.05) is 6.54 Å². The first kappa shape index (κ1) is 10.6. The van der Waals surface area contributed by atoms with Crippen molar-refractivity contribution in [3.63, 3.8) is 0 Å². The molecule has 13 heavy (non-hydrogen) atoms. The molecule has 0 aliphatic carbocycles. The molecular weight excluding hydrogens is 240 g/mol. The second kappa shape index (κ2) is 4.15. The second-order valence-electron chi connectivity index (χ2n) is 2.83. The summed E-state index contributed by atoms with van der Waals surface area (Å²) in [5.41, 5.74) is 5.52. The molecule has 0 aliphatic rings. The van der Waals surface area contributed by atoms with Crippen molar-refractivity contribution in [2.45, 2.75) is 12.3 Å². The van der Waals surface area contributed by atoms with Crippen LogP contribution in [0.25, 0.3) is 0 Å². The number of rotatable bonds is 3. The third kappa shape index (κ3) is 3.04. The third-order valence-electron chi connectivity index (χ3n) is 1.71. The van der Waals surface area contributed by atoms with Gasteiger partial charge in [-0.15, -0.1) is 0 Å². The average molecular weight is 250 g/mol. The van der Waals surface area contributed by atoms with Crippen molar-refractivity contribution in [2.24, 2.45) is 5.73 Å². The fourth-order valence-corrected chi connectivity index (χ4v) is 1.42. The first-order chi connectivity index (χ1) is 6.05. The molecule has 1 rings (SSSR count). The first-order valence-corrected chi connectivity index (χ1v) is 4.66. The quantitative estimate of drug-likeness (QED) is 0.876. The van der Waals surface area contributed by atoms with E-state index in [1.54, 1.807) is 24.3 Å². The summed E-state index contributed by atoms with van der Waals surface area (Å²) in [7, 11) is 0. The Morgan fingerprint density at radius 2 is 1.92 bits per heavy atom. The predicted octanol–water partition coefficient (Wildman–Crippen LogP) is 2.59. The summed E-state index contributed by atoms with van der Waals surface area (Å²) in [6, 6.07) is 6.91. The maximum atomic E-state index is 12.9. The number of hydrogen-bond donors (Lipinski definition) is 1. The van der Waals surface area contributed by atoms with Gasteiger partial charge in [0, 0.05) is 10.9 Å². The molecule has 4 heteroatoms. The third-order valence-corrected chi connectivity index (χ3v) is 2.48. The molecule has 0 aromatic heterocycles. The van der Waals surface area contributed by atoms with Crippen LogP contribution in [0, 0.1) is 0 Å². The van der Waals surface area contributed by atoms with Crippen molar-refractivity contribution < 1.29 is 8.78 Å². The fourth-order valence-electron chi connectivity index (χ4n) is 0.993. The van der Waals surface area contributed by atoms with Gasteiger partial charge in [-0.2, -0.15) is 0 Å². The van der Waals surface area contributed by atoms with Crippen LogP contribution < -0.4 is 5.73 Å². The smallest absolute Gasteiger partial charge is 0.264 e. The van der Waals surface area contributed by atoms with Crippen molar-refractivity contribution in [3.05, 3.63) is 34.3 Å². The Morgan fingerprint density at radius 3 is 2.46 bits per heavy atom. The average Bonchev–Trinajstić information content (AvgIpc) is 2.09. The van der Waals surface area contributed by atoms with Gasteiger partial charge in [0.2, 0.25) is 0 Å². The second-order valence-corrected chi connectivity index (χ2v) is 3.68. The lowest BCUT2D eigenvalue weighted by atomic mass is 10.1. The van der Waals surface area contributed by atoms with Crippen LogP contribution in [0.15, 0.2) is 28.7 Å². The minimum atomic E-state index is -2.82. The molecule has 2 N–H and O–H groups in total. The molecule has 0 fully saturated rings. The summed E-state index contributed by atoms with van der Waals surface area (Å²) >= 11 is 3.20. The van der Waals surface area contributed by atoms with Gasteiger partial charge in [-0.05, 0) is 11.6 Å². The van der Waals surface area contributed by atoms with E-state index in [-0.39, 0.29) is 6.42 Å². The Bertz CT molecular complexity index is 289. The molecule has 0 aliphatic heterocycles. The molecule has 1 nitrogen and oxygen atoms in total. The van der Waals surface area contributed by atoms with Crippen LogP contribution in [-0.2, 0) is 6.42 Å². The van der Waals surface area contributed by atoms with E-state index in [2.05, 4.69) is 15.9 Å². The largest absolute Gasteiger partial charge is 0.325 e. The summed E-state index contributed by atoms with van der Waals surface area (Å²) in [5.74, 6) is -2.82. The maximum absolute atomic E-state index is 12.9. The van der Waals surface area contributed by atoms with Crippen LogP contribution >= 0.6 is 15.9 Å². The fraction of sp³-hybridized carbons (Fsp3) is 0.333. The lowest BCUT2D eigenvalue weighted by Crippen LogP contribution is -2.30. The van der Waals surface area contributed by atoms with E-state index in [0.717, 1.165) is 0 Å². The minimum absolute atomic E-state index is 0.315. The number of nitrogens with two attached hydrogens (primary N) is 1. The predicted molar refractivity (Wildman–Crippen MR) is 51.8 cm³/mol. The molecule has 72 valence electrons. The zero-order valence-corrected chi connectivity index (χ0v) is 8.52. The van der Waals surface area contributed by atoms with E-state index >= 15 is 0 Å². The molecule has 0 atom stereocenters. The molecule has 1 aromatic rings. The van der Waals surface area contributed by atoms with Gasteiger partial charge in [-0.1, -0.05) is 34.1 Å². The van der Waals surface area contributed by atoms with E-state index in [4.69, 9.17) is 5.73 Å². The molecule has 0 heterocycles.